The quantitative estimate of drug-likeness (QED) is 0.247. The van der Waals surface area contributed by atoms with Gasteiger partial charge < -0.3 is 4.74 Å². The first kappa shape index (κ1) is 26.1. The van der Waals surface area contributed by atoms with Gasteiger partial charge >= 0.3 is 0 Å². The van der Waals surface area contributed by atoms with Crippen LogP contribution in [-0.4, -0.2) is 39.1 Å². The summed E-state index contributed by atoms with van der Waals surface area (Å²) in [7, 11) is -3.13. The number of thiophene rings is 1. The molecule has 0 saturated carbocycles. The minimum Gasteiger partial charge on any atom is -0.495 e. The summed E-state index contributed by atoms with van der Waals surface area (Å²) >= 11 is 7.54. The second kappa shape index (κ2) is 10.8. The minimum absolute atomic E-state index is 0.0172. The number of amides is 1. The number of nitrogens with one attached hydrogen (secondary N) is 1. The number of aryl methyl sites for hydroxylation is 2. The molecule has 0 aliphatic heterocycles. The molecule has 0 unspecified atom stereocenters. The van der Waals surface area contributed by atoms with Crippen LogP contribution < -0.4 is 14.5 Å². The number of carbonyl (C=O) groups is 1. The average Bonchev–Trinajstić information content (AvgIpc) is 3.21. The highest BCUT2D eigenvalue weighted by molar-refractivity contribution is 7.92. The van der Waals surface area contributed by atoms with E-state index in [-0.39, 0.29) is 32.6 Å². The molecule has 1 amide bonds. The molecule has 3 aromatic rings. The molecule has 0 fully saturated rings. The number of nitro benzene ring substituents is 1. The summed E-state index contributed by atoms with van der Waals surface area (Å²) < 4.78 is 33.3. The Hall–Kier alpha value is -3.48. The fraction of sp³-hybridized carbons (Fsp3) is 0.182. The number of rotatable bonds is 9. The van der Waals surface area contributed by atoms with Gasteiger partial charge in [-0.2, -0.15) is 5.10 Å². The second-order valence-electron chi connectivity index (χ2n) is 7.29. The van der Waals surface area contributed by atoms with Gasteiger partial charge in [0.25, 0.3) is 21.6 Å². The molecule has 1 heterocycles. The van der Waals surface area contributed by atoms with Gasteiger partial charge in [-0.1, -0.05) is 17.7 Å². The zero-order valence-electron chi connectivity index (χ0n) is 18.9. The van der Waals surface area contributed by atoms with Crippen LogP contribution >= 0.6 is 22.9 Å². The lowest BCUT2D eigenvalue weighted by molar-refractivity contribution is -0.385. The molecule has 13 heteroatoms. The Kier molecular flexibility index (Phi) is 8.10. The van der Waals surface area contributed by atoms with E-state index in [1.165, 1.54) is 61.9 Å². The third-order valence-electron chi connectivity index (χ3n) is 4.93. The molecule has 1 N–H and O–H groups in total. The number of carbonyl (C=O) groups excluding carboxylic acids is 1. The lowest BCUT2D eigenvalue weighted by atomic mass is 10.2. The molecule has 0 saturated heterocycles. The summed E-state index contributed by atoms with van der Waals surface area (Å²) in [4.78, 5) is 23.9. The van der Waals surface area contributed by atoms with Gasteiger partial charge in [0, 0.05) is 21.5 Å². The molecule has 3 rings (SSSR count). The summed E-state index contributed by atoms with van der Waals surface area (Å²) in [6, 6.07) is 9.68. The fourth-order valence-corrected chi connectivity index (χ4v) is 5.47. The van der Waals surface area contributed by atoms with Gasteiger partial charge in [0.05, 0.1) is 28.8 Å². The number of ether oxygens (including phenoxy) is 1. The zero-order chi connectivity index (χ0) is 25.8. The van der Waals surface area contributed by atoms with E-state index >= 15 is 0 Å². The van der Waals surface area contributed by atoms with Gasteiger partial charge in [-0.3, -0.25) is 19.2 Å². The summed E-state index contributed by atoms with van der Waals surface area (Å²) in [6.45, 7) is 2.69. The monoisotopic (exact) mass is 536 g/mol. The molecule has 35 heavy (non-hydrogen) atoms. The largest absolute Gasteiger partial charge is 0.495 e. The molecule has 0 radical (unpaired) electrons. The van der Waals surface area contributed by atoms with Gasteiger partial charge in [-0.15, -0.1) is 11.3 Å². The molecule has 1 aromatic heterocycles. The van der Waals surface area contributed by atoms with E-state index in [0.29, 0.717) is 0 Å². The van der Waals surface area contributed by atoms with Crippen LogP contribution in [0.4, 0.5) is 11.4 Å². The standard InChI is InChI=1S/C22H21ClN4O6S2/c1-14-4-6-17(11-18(14)27(29)30)35(31,32)26(19-10-16(23)5-7-20(19)33-3)13-22(28)25-24-12-21-15(2)8-9-34-21/h4-12H,13H2,1-3H3,(H,25,28)/b24-12-. The molecular formula is C22H21ClN4O6S2. The van der Waals surface area contributed by atoms with Crippen LogP contribution in [0.5, 0.6) is 5.75 Å². The Balaban J connectivity index is 2.02. The van der Waals surface area contributed by atoms with Crippen LogP contribution in [0, 0.1) is 24.0 Å². The number of sulfonamides is 1. The number of halogens is 1. The third-order valence-corrected chi connectivity index (χ3v) is 7.88. The fourth-order valence-electron chi connectivity index (χ4n) is 3.08. The van der Waals surface area contributed by atoms with Crippen LogP contribution in [0.15, 0.2) is 57.8 Å². The molecule has 0 aliphatic rings. The zero-order valence-corrected chi connectivity index (χ0v) is 21.3. The number of hydrogen-bond acceptors (Lipinski definition) is 8. The van der Waals surface area contributed by atoms with Crippen molar-refractivity contribution in [2.75, 3.05) is 18.0 Å². The maximum absolute atomic E-state index is 13.6. The smallest absolute Gasteiger partial charge is 0.273 e. The Bertz CT molecular complexity index is 1400. The van der Waals surface area contributed by atoms with Crippen LogP contribution in [0.1, 0.15) is 16.0 Å². The van der Waals surface area contributed by atoms with E-state index in [1.54, 1.807) is 0 Å². The number of hydrogen-bond donors (Lipinski definition) is 1. The summed E-state index contributed by atoms with van der Waals surface area (Å²) in [6.07, 6.45) is 1.46. The summed E-state index contributed by atoms with van der Waals surface area (Å²) in [5.74, 6) is -0.618. The highest BCUT2D eigenvalue weighted by Crippen LogP contribution is 2.35. The molecule has 0 aliphatic carbocycles. The van der Waals surface area contributed by atoms with E-state index in [2.05, 4.69) is 10.5 Å². The average molecular weight is 537 g/mol. The molecule has 0 bridgehead atoms. The Morgan fingerprint density at radius 3 is 2.60 bits per heavy atom. The van der Waals surface area contributed by atoms with Crippen LogP contribution in [0.25, 0.3) is 0 Å². The van der Waals surface area contributed by atoms with Crippen LogP contribution in [0.2, 0.25) is 5.02 Å². The predicted octanol–water partition coefficient (Wildman–Crippen LogP) is 4.28. The van der Waals surface area contributed by atoms with Crippen molar-refractivity contribution in [3.63, 3.8) is 0 Å². The second-order valence-corrected chi connectivity index (χ2v) is 10.5. The van der Waals surface area contributed by atoms with Crippen molar-refractivity contribution in [3.8, 4) is 5.75 Å². The molecule has 2 aromatic carbocycles. The molecule has 10 nitrogen and oxygen atoms in total. The van der Waals surface area contributed by atoms with Gasteiger partial charge in [-0.05, 0) is 55.1 Å². The predicted molar refractivity (Wildman–Crippen MR) is 135 cm³/mol. The first-order chi connectivity index (χ1) is 16.5. The number of anilines is 1. The lowest BCUT2D eigenvalue weighted by Gasteiger charge is -2.25. The van der Waals surface area contributed by atoms with E-state index in [0.717, 1.165) is 20.8 Å². The number of hydrazone groups is 1. The Labute approximate surface area is 211 Å². The van der Waals surface area contributed by atoms with Crippen LogP contribution in [-0.2, 0) is 14.8 Å². The van der Waals surface area contributed by atoms with Crippen molar-refractivity contribution in [1.29, 1.82) is 0 Å². The van der Waals surface area contributed by atoms with E-state index in [1.807, 2.05) is 18.4 Å². The highest BCUT2D eigenvalue weighted by Gasteiger charge is 2.31. The van der Waals surface area contributed by atoms with Gasteiger partial charge in [0.1, 0.15) is 12.3 Å². The van der Waals surface area contributed by atoms with Gasteiger partial charge in [0.15, 0.2) is 0 Å². The highest BCUT2D eigenvalue weighted by atomic mass is 35.5. The topological polar surface area (TPSA) is 131 Å². The SMILES string of the molecule is COc1ccc(Cl)cc1N(CC(=O)N/N=C\c1sccc1C)S(=O)(=O)c1ccc(C)c([N+](=O)[O-])c1. The number of nitro groups is 1. The van der Waals surface area contributed by atoms with Crippen molar-refractivity contribution in [2.24, 2.45) is 5.10 Å². The Morgan fingerprint density at radius 1 is 1.23 bits per heavy atom. The first-order valence-corrected chi connectivity index (χ1v) is 12.7. The number of nitrogens with zero attached hydrogens (tertiary/aromatic N) is 3. The van der Waals surface area contributed by atoms with Crippen molar-refractivity contribution < 1.29 is 22.9 Å². The first-order valence-electron chi connectivity index (χ1n) is 10.0. The number of methoxy groups -OCH3 is 1. The molecule has 0 atom stereocenters. The molecule has 184 valence electrons. The lowest BCUT2D eigenvalue weighted by Crippen LogP contribution is -2.39. The van der Waals surface area contributed by atoms with Crippen LogP contribution in [0.3, 0.4) is 0 Å². The number of benzene rings is 2. The van der Waals surface area contributed by atoms with Crippen molar-refractivity contribution >= 4 is 56.5 Å². The third kappa shape index (κ3) is 5.96. The van der Waals surface area contributed by atoms with Crippen molar-refractivity contribution in [3.05, 3.63) is 79.0 Å². The Morgan fingerprint density at radius 2 is 1.97 bits per heavy atom. The van der Waals surface area contributed by atoms with Gasteiger partial charge in [0.2, 0.25) is 0 Å². The summed E-state index contributed by atoms with van der Waals surface area (Å²) in [5.41, 5.74) is 3.19. The molecular weight excluding hydrogens is 516 g/mol. The van der Waals surface area contributed by atoms with Gasteiger partial charge in [-0.25, -0.2) is 13.8 Å². The minimum atomic E-state index is -4.47. The summed E-state index contributed by atoms with van der Waals surface area (Å²) in [5, 5.41) is 17.4. The van der Waals surface area contributed by atoms with Crippen molar-refractivity contribution in [2.45, 2.75) is 18.7 Å². The van der Waals surface area contributed by atoms with E-state index in [9.17, 15) is 23.3 Å². The van der Waals surface area contributed by atoms with E-state index < -0.39 is 27.4 Å². The maximum Gasteiger partial charge on any atom is 0.273 e. The normalized spacial score (nSPS) is 11.4. The van der Waals surface area contributed by atoms with E-state index in [4.69, 9.17) is 16.3 Å². The molecule has 0 spiro atoms. The maximum atomic E-state index is 13.6. The van der Waals surface area contributed by atoms with Crippen molar-refractivity contribution in [1.82, 2.24) is 5.43 Å².